The van der Waals surface area contributed by atoms with Gasteiger partial charge in [0.05, 0.1) is 11.0 Å². The van der Waals surface area contributed by atoms with Gasteiger partial charge in [-0.1, -0.05) is 6.07 Å². The maximum Gasteiger partial charge on any atom is 0.323 e. The molecule has 20 heavy (non-hydrogen) atoms. The molecular weight excluding hydrogens is 271 g/mol. The van der Waals surface area contributed by atoms with Crippen LogP contribution in [0.1, 0.15) is 20.3 Å². The van der Waals surface area contributed by atoms with Crippen molar-refractivity contribution in [3.8, 4) is 5.75 Å². The fraction of sp³-hybridized carbons (Fsp3) is 0.417. The Balaban J connectivity index is 2.94. The molecule has 0 aliphatic heterocycles. The van der Waals surface area contributed by atoms with Gasteiger partial charge in [-0.2, -0.15) is 0 Å². The Hall–Kier alpha value is -2.22. The molecule has 1 rings (SSSR count). The van der Waals surface area contributed by atoms with Gasteiger partial charge in [0, 0.05) is 12.5 Å². The molecule has 0 amide bonds. The number of rotatable bonds is 6. The SMILES string of the molecule is CC(CC(C)(N)C(=O)O)Oc1c(F)cccc1[N+](=O)[O-]. The number of halogens is 1. The molecular formula is C12H15FN2O5. The van der Waals surface area contributed by atoms with Gasteiger partial charge in [0.25, 0.3) is 0 Å². The van der Waals surface area contributed by atoms with E-state index in [-0.39, 0.29) is 6.42 Å². The highest BCUT2D eigenvalue weighted by molar-refractivity contribution is 5.77. The van der Waals surface area contributed by atoms with Crippen LogP contribution in [-0.2, 0) is 4.79 Å². The molecule has 1 aromatic rings. The Morgan fingerprint density at radius 2 is 2.25 bits per heavy atom. The van der Waals surface area contributed by atoms with Crippen molar-refractivity contribution < 1.29 is 24.0 Å². The zero-order valence-corrected chi connectivity index (χ0v) is 11.0. The normalized spacial score (nSPS) is 15.2. The molecule has 0 fully saturated rings. The number of hydrogen-bond acceptors (Lipinski definition) is 5. The van der Waals surface area contributed by atoms with E-state index in [0.717, 1.165) is 12.1 Å². The zero-order chi connectivity index (χ0) is 15.5. The first-order chi connectivity index (χ1) is 9.15. The van der Waals surface area contributed by atoms with Gasteiger partial charge in [-0.25, -0.2) is 4.39 Å². The van der Waals surface area contributed by atoms with Crippen LogP contribution in [0.15, 0.2) is 18.2 Å². The third kappa shape index (κ3) is 3.64. The van der Waals surface area contributed by atoms with Crippen LogP contribution in [0.2, 0.25) is 0 Å². The Morgan fingerprint density at radius 3 is 2.75 bits per heavy atom. The molecule has 110 valence electrons. The largest absolute Gasteiger partial charge is 0.482 e. The van der Waals surface area contributed by atoms with Crippen LogP contribution >= 0.6 is 0 Å². The highest BCUT2D eigenvalue weighted by Gasteiger charge is 2.32. The van der Waals surface area contributed by atoms with E-state index in [9.17, 15) is 19.3 Å². The Labute approximate surface area is 114 Å². The number of aliphatic carboxylic acids is 1. The monoisotopic (exact) mass is 286 g/mol. The number of carbonyl (C=O) groups is 1. The first kappa shape index (κ1) is 15.8. The maximum atomic E-state index is 13.6. The smallest absolute Gasteiger partial charge is 0.323 e. The number of nitrogens with two attached hydrogens (primary N) is 1. The molecule has 0 aliphatic rings. The number of carboxylic acid groups (broad SMARTS) is 1. The molecule has 2 unspecified atom stereocenters. The summed E-state index contributed by atoms with van der Waals surface area (Å²) in [6.45, 7) is 2.75. The molecule has 1 aromatic carbocycles. The lowest BCUT2D eigenvalue weighted by Crippen LogP contribution is -2.47. The van der Waals surface area contributed by atoms with Crippen LogP contribution in [0.4, 0.5) is 10.1 Å². The van der Waals surface area contributed by atoms with E-state index in [2.05, 4.69) is 0 Å². The van der Waals surface area contributed by atoms with Crippen LogP contribution in [0.5, 0.6) is 5.75 Å². The lowest BCUT2D eigenvalue weighted by Gasteiger charge is -2.24. The number of carboxylic acids is 1. The number of nitrogens with zero attached hydrogens (tertiary/aromatic N) is 1. The van der Waals surface area contributed by atoms with Crippen LogP contribution in [0.25, 0.3) is 0 Å². The minimum Gasteiger partial charge on any atom is -0.482 e. The fourth-order valence-electron chi connectivity index (χ4n) is 1.69. The number of nitro groups is 1. The summed E-state index contributed by atoms with van der Waals surface area (Å²) in [5.41, 5.74) is 3.45. The zero-order valence-electron chi connectivity index (χ0n) is 11.0. The van der Waals surface area contributed by atoms with Crippen LogP contribution in [0, 0.1) is 15.9 Å². The highest BCUT2D eigenvalue weighted by Crippen LogP contribution is 2.31. The third-order valence-corrected chi connectivity index (χ3v) is 2.66. The molecule has 8 heteroatoms. The first-order valence-electron chi connectivity index (χ1n) is 5.77. The Morgan fingerprint density at radius 1 is 1.65 bits per heavy atom. The summed E-state index contributed by atoms with van der Waals surface area (Å²) in [5.74, 6) is -2.65. The second-order valence-electron chi connectivity index (χ2n) is 4.70. The summed E-state index contributed by atoms with van der Waals surface area (Å²) in [4.78, 5) is 20.9. The van der Waals surface area contributed by atoms with Crippen molar-refractivity contribution >= 4 is 11.7 Å². The van der Waals surface area contributed by atoms with Crippen molar-refractivity contribution in [1.82, 2.24) is 0 Å². The Bertz CT molecular complexity index is 533. The molecule has 0 saturated heterocycles. The molecule has 0 radical (unpaired) electrons. The summed E-state index contributed by atoms with van der Waals surface area (Å²) in [5, 5.41) is 19.7. The topological polar surface area (TPSA) is 116 Å². The van der Waals surface area contributed by atoms with E-state index in [1.165, 1.54) is 19.9 Å². The lowest BCUT2D eigenvalue weighted by molar-refractivity contribution is -0.386. The van der Waals surface area contributed by atoms with E-state index in [0.29, 0.717) is 0 Å². The summed E-state index contributed by atoms with van der Waals surface area (Å²) in [6.07, 6.45) is -0.940. The number of para-hydroxylation sites is 1. The molecule has 0 aromatic heterocycles. The van der Waals surface area contributed by atoms with Gasteiger partial charge in [-0.15, -0.1) is 0 Å². The fourth-order valence-corrected chi connectivity index (χ4v) is 1.69. The standard InChI is InChI=1S/C12H15FN2O5/c1-7(6-12(2,14)11(16)17)20-10-8(13)4-3-5-9(10)15(18)19/h3-5,7H,6,14H2,1-2H3,(H,16,17). The van der Waals surface area contributed by atoms with Gasteiger partial charge < -0.3 is 15.6 Å². The number of benzene rings is 1. The van der Waals surface area contributed by atoms with Gasteiger partial charge in [-0.05, 0) is 19.9 Å². The number of ether oxygens (including phenoxy) is 1. The number of nitro benzene ring substituents is 1. The van der Waals surface area contributed by atoms with Crippen molar-refractivity contribution in [1.29, 1.82) is 0 Å². The van der Waals surface area contributed by atoms with Gasteiger partial charge >= 0.3 is 11.7 Å². The average Bonchev–Trinajstić information content (AvgIpc) is 2.30. The van der Waals surface area contributed by atoms with Crippen molar-refractivity contribution in [2.24, 2.45) is 5.73 Å². The molecule has 3 N–H and O–H groups in total. The minimum absolute atomic E-state index is 0.131. The summed E-state index contributed by atoms with van der Waals surface area (Å²) >= 11 is 0. The summed E-state index contributed by atoms with van der Waals surface area (Å²) < 4.78 is 18.7. The molecule has 0 bridgehead atoms. The van der Waals surface area contributed by atoms with Crippen LogP contribution in [-0.4, -0.2) is 27.6 Å². The second-order valence-corrected chi connectivity index (χ2v) is 4.70. The van der Waals surface area contributed by atoms with Gasteiger partial charge in [0.2, 0.25) is 5.75 Å². The molecule has 7 nitrogen and oxygen atoms in total. The van der Waals surface area contributed by atoms with E-state index in [1.807, 2.05) is 0 Å². The third-order valence-electron chi connectivity index (χ3n) is 2.66. The van der Waals surface area contributed by atoms with Crippen LogP contribution in [0.3, 0.4) is 0 Å². The van der Waals surface area contributed by atoms with Gasteiger partial charge in [0.1, 0.15) is 5.54 Å². The van der Waals surface area contributed by atoms with Crippen molar-refractivity contribution in [3.05, 3.63) is 34.1 Å². The predicted molar refractivity (Wildman–Crippen MR) is 68.0 cm³/mol. The van der Waals surface area contributed by atoms with Crippen molar-refractivity contribution in [2.45, 2.75) is 31.9 Å². The quantitative estimate of drug-likeness (QED) is 0.607. The summed E-state index contributed by atoms with van der Waals surface area (Å²) in [7, 11) is 0. The predicted octanol–water partition coefficient (Wildman–Crippen LogP) is 1.69. The van der Waals surface area contributed by atoms with Gasteiger partial charge in [-0.3, -0.25) is 14.9 Å². The van der Waals surface area contributed by atoms with Crippen LogP contribution < -0.4 is 10.5 Å². The molecule has 0 spiro atoms. The first-order valence-corrected chi connectivity index (χ1v) is 5.77. The molecule has 2 atom stereocenters. The van der Waals surface area contributed by atoms with E-state index >= 15 is 0 Å². The minimum atomic E-state index is -1.57. The second kappa shape index (κ2) is 5.83. The maximum absolute atomic E-state index is 13.6. The van der Waals surface area contributed by atoms with E-state index in [4.69, 9.17) is 15.6 Å². The van der Waals surface area contributed by atoms with Crippen molar-refractivity contribution in [2.75, 3.05) is 0 Å². The van der Waals surface area contributed by atoms with E-state index in [1.54, 1.807) is 0 Å². The summed E-state index contributed by atoms with van der Waals surface area (Å²) in [6, 6.07) is 3.31. The Kier molecular flexibility index (Phi) is 4.61. The molecule has 0 heterocycles. The lowest BCUT2D eigenvalue weighted by atomic mass is 9.96. The van der Waals surface area contributed by atoms with E-state index < -0.39 is 39.8 Å². The molecule has 0 aliphatic carbocycles. The molecule has 0 saturated carbocycles. The number of hydrogen-bond donors (Lipinski definition) is 2. The van der Waals surface area contributed by atoms with Gasteiger partial charge in [0.15, 0.2) is 5.82 Å². The average molecular weight is 286 g/mol. The van der Waals surface area contributed by atoms with Crippen molar-refractivity contribution in [3.63, 3.8) is 0 Å². The highest BCUT2D eigenvalue weighted by atomic mass is 19.1.